The van der Waals surface area contributed by atoms with Gasteiger partial charge in [-0.15, -0.1) is 0 Å². The summed E-state index contributed by atoms with van der Waals surface area (Å²) in [6.07, 6.45) is -0.0274. The highest BCUT2D eigenvalue weighted by Crippen LogP contribution is 2.29. The van der Waals surface area contributed by atoms with E-state index >= 15 is 8.78 Å². The molecule has 1 fully saturated rings. The van der Waals surface area contributed by atoms with E-state index in [1.54, 1.807) is 12.1 Å². The first-order valence-electron chi connectivity index (χ1n) is 14.4. The molecule has 3 aromatic carbocycles. The molecule has 2 aromatic heterocycles. The summed E-state index contributed by atoms with van der Waals surface area (Å²) in [5, 5.41) is 18.4. The molecule has 5 aromatic rings. The van der Waals surface area contributed by atoms with E-state index in [0.29, 0.717) is 36.6 Å². The molecule has 1 aliphatic rings. The van der Waals surface area contributed by atoms with Gasteiger partial charge in [0.15, 0.2) is 0 Å². The number of fused-ring (bicyclic) bond motifs is 1. The largest absolute Gasteiger partial charge is 0.478 e. The molecule has 6 rings (SSSR count). The van der Waals surface area contributed by atoms with Crippen molar-refractivity contribution in [3.63, 3.8) is 0 Å². The number of carboxylic acids is 1. The normalized spacial score (nSPS) is 12.6. The fraction of sp³-hybridized carbons (Fsp3) is 0.235. The van der Waals surface area contributed by atoms with Gasteiger partial charge in [-0.1, -0.05) is 26.0 Å². The van der Waals surface area contributed by atoms with Gasteiger partial charge in [-0.3, -0.25) is 0 Å². The number of benzene rings is 3. The molecule has 3 heterocycles. The van der Waals surface area contributed by atoms with E-state index in [2.05, 4.69) is 9.97 Å². The lowest BCUT2D eigenvalue weighted by Crippen LogP contribution is -2.32. The first-order chi connectivity index (χ1) is 21.8. The van der Waals surface area contributed by atoms with Gasteiger partial charge in [-0.05, 0) is 54.1 Å². The van der Waals surface area contributed by atoms with Crippen LogP contribution in [0.15, 0.2) is 66.7 Å². The van der Waals surface area contributed by atoms with Crippen molar-refractivity contribution in [2.45, 2.75) is 33.4 Å². The quantitative estimate of drug-likeness (QED) is 0.192. The third-order valence-electron chi connectivity index (χ3n) is 7.26. The number of pyridine rings is 1. The summed E-state index contributed by atoms with van der Waals surface area (Å²) in [7, 11) is 0. The van der Waals surface area contributed by atoms with Crippen molar-refractivity contribution in [3.05, 3.63) is 112 Å². The van der Waals surface area contributed by atoms with Gasteiger partial charge in [0.1, 0.15) is 29.9 Å². The predicted octanol–water partition coefficient (Wildman–Crippen LogP) is 6.93. The minimum Gasteiger partial charge on any atom is -0.478 e. The van der Waals surface area contributed by atoms with Gasteiger partial charge < -0.3 is 19.1 Å². The van der Waals surface area contributed by atoms with Gasteiger partial charge >= 0.3 is 5.97 Å². The Morgan fingerprint density at radius 2 is 1.78 bits per heavy atom. The monoisotopic (exact) mass is 614 g/mol. The van der Waals surface area contributed by atoms with Crippen molar-refractivity contribution in [2.75, 3.05) is 13.2 Å². The second kappa shape index (κ2) is 13.6. The van der Waals surface area contributed by atoms with Crippen LogP contribution in [0.25, 0.3) is 22.3 Å². The number of imidazole rings is 1. The molecule has 0 unspecified atom stereocenters. The van der Waals surface area contributed by atoms with Gasteiger partial charge in [0.05, 0.1) is 47.1 Å². The molecule has 1 aliphatic heterocycles. The predicted molar refractivity (Wildman–Crippen MR) is 160 cm³/mol. The zero-order chi connectivity index (χ0) is 32.1. The molecular formula is C34H29F3N4O4. The van der Waals surface area contributed by atoms with E-state index in [-0.39, 0.29) is 58.3 Å². The van der Waals surface area contributed by atoms with Crippen LogP contribution in [-0.2, 0) is 24.3 Å². The Morgan fingerprint density at radius 3 is 2.47 bits per heavy atom. The van der Waals surface area contributed by atoms with Gasteiger partial charge in [0.25, 0.3) is 0 Å². The summed E-state index contributed by atoms with van der Waals surface area (Å²) < 4.78 is 57.8. The molecule has 0 amide bonds. The van der Waals surface area contributed by atoms with E-state index in [4.69, 9.17) is 14.7 Å². The van der Waals surface area contributed by atoms with Crippen LogP contribution in [-0.4, -0.2) is 38.8 Å². The molecule has 8 nitrogen and oxygen atoms in total. The fourth-order valence-electron chi connectivity index (χ4n) is 4.91. The number of halogens is 3. The lowest BCUT2D eigenvalue weighted by atomic mass is 10.0. The molecule has 0 bridgehead atoms. The summed E-state index contributed by atoms with van der Waals surface area (Å²) in [5.74, 6) is -2.29. The van der Waals surface area contributed by atoms with Gasteiger partial charge in [-0.2, -0.15) is 5.26 Å². The molecule has 0 aliphatic carbocycles. The fourth-order valence-corrected chi connectivity index (χ4v) is 4.91. The number of rotatable bonds is 9. The number of aromatic nitrogens is 3. The summed E-state index contributed by atoms with van der Waals surface area (Å²) in [4.78, 5) is 20.4. The number of hydrogen-bond donors (Lipinski definition) is 1. The number of ether oxygens (including phenoxy) is 2. The van der Waals surface area contributed by atoms with Crippen LogP contribution in [0.1, 0.15) is 46.7 Å². The second-order valence-electron chi connectivity index (χ2n) is 10.2. The van der Waals surface area contributed by atoms with Gasteiger partial charge in [0, 0.05) is 36.1 Å². The molecule has 1 saturated heterocycles. The maximum Gasteiger partial charge on any atom is 0.335 e. The van der Waals surface area contributed by atoms with Gasteiger partial charge in [-0.25, -0.2) is 27.9 Å². The minimum atomic E-state index is -1.07. The van der Waals surface area contributed by atoms with Crippen LogP contribution < -0.4 is 4.74 Å². The van der Waals surface area contributed by atoms with Crippen LogP contribution in [0.4, 0.5) is 13.2 Å². The lowest BCUT2D eigenvalue weighted by Gasteiger charge is -2.27. The SMILES string of the molecule is CC.N#Cc1ccc(COc2cccc(-c3cc(F)c(Cc4nc5ccc(C(=O)O)cc5n4CC4COC4)cc3F)n2)c(F)c1. The maximum atomic E-state index is 15.4. The number of carbonyl (C=O) groups is 1. The Labute approximate surface area is 257 Å². The molecule has 0 spiro atoms. The Kier molecular flexibility index (Phi) is 9.45. The van der Waals surface area contributed by atoms with E-state index in [1.807, 2.05) is 24.5 Å². The lowest BCUT2D eigenvalue weighted by molar-refractivity contribution is -0.0392. The Balaban J connectivity index is 0.00000196. The van der Waals surface area contributed by atoms with Crippen molar-refractivity contribution >= 4 is 17.0 Å². The number of nitrogens with zero attached hydrogens (tertiary/aromatic N) is 4. The molecule has 0 atom stereocenters. The van der Waals surface area contributed by atoms with Crippen molar-refractivity contribution in [3.8, 4) is 23.2 Å². The summed E-state index contributed by atoms with van der Waals surface area (Å²) in [6.45, 7) is 5.42. The highest BCUT2D eigenvalue weighted by molar-refractivity contribution is 5.92. The van der Waals surface area contributed by atoms with Crippen molar-refractivity contribution in [1.82, 2.24) is 14.5 Å². The smallest absolute Gasteiger partial charge is 0.335 e. The van der Waals surface area contributed by atoms with E-state index in [1.165, 1.54) is 36.4 Å². The van der Waals surface area contributed by atoms with Crippen LogP contribution >= 0.6 is 0 Å². The summed E-state index contributed by atoms with van der Waals surface area (Å²) in [5.41, 5.74) is 1.77. The molecule has 0 saturated carbocycles. The molecule has 45 heavy (non-hydrogen) atoms. The first-order valence-corrected chi connectivity index (χ1v) is 14.4. The van der Waals surface area contributed by atoms with E-state index < -0.39 is 23.4 Å². The highest BCUT2D eigenvalue weighted by atomic mass is 19.1. The standard InChI is InChI=1S/C32H23F3N4O4.C2H6/c33-24-8-18(13-36)4-5-21(24)17-43-31-3-1-2-27(38-31)23-12-25(34)22(9-26(23)35)11-30-37-28-7-6-20(32(40)41)10-29(28)39(30)14-19-15-42-16-19;1-2/h1-10,12,19H,11,14-17H2,(H,40,41);1-2H3. The van der Waals surface area contributed by atoms with Crippen molar-refractivity contribution in [2.24, 2.45) is 5.92 Å². The highest BCUT2D eigenvalue weighted by Gasteiger charge is 2.24. The number of carboxylic acid groups (broad SMARTS) is 1. The number of nitriles is 1. The number of aromatic carboxylic acids is 1. The van der Waals surface area contributed by atoms with Crippen LogP contribution in [0, 0.1) is 34.7 Å². The summed E-state index contributed by atoms with van der Waals surface area (Å²) >= 11 is 0. The molecule has 1 N–H and O–H groups in total. The third kappa shape index (κ3) is 6.81. The van der Waals surface area contributed by atoms with Crippen molar-refractivity contribution in [1.29, 1.82) is 5.26 Å². The van der Waals surface area contributed by atoms with Crippen molar-refractivity contribution < 1.29 is 32.5 Å². The maximum absolute atomic E-state index is 15.4. The van der Waals surface area contributed by atoms with Crippen LogP contribution in [0.2, 0.25) is 0 Å². The van der Waals surface area contributed by atoms with Gasteiger partial charge in [0.2, 0.25) is 5.88 Å². The third-order valence-corrected chi connectivity index (χ3v) is 7.26. The second-order valence-corrected chi connectivity index (χ2v) is 10.2. The average molecular weight is 615 g/mol. The van der Waals surface area contributed by atoms with Crippen LogP contribution in [0.3, 0.4) is 0 Å². The zero-order valence-corrected chi connectivity index (χ0v) is 24.6. The first kappa shape index (κ1) is 31.2. The minimum absolute atomic E-state index is 0.0274. The van der Waals surface area contributed by atoms with E-state index in [9.17, 15) is 14.3 Å². The topological polar surface area (TPSA) is 110 Å². The zero-order valence-electron chi connectivity index (χ0n) is 24.6. The molecule has 11 heteroatoms. The Bertz CT molecular complexity index is 1910. The number of hydrogen-bond acceptors (Lipinski definition) is 6. The summed E-state index contributed by atoms with van der Waals surface area (Å²) in [6, 6.07) is 17.2. The Hall–Kier alpha value is -5.21. The average Bonchev–Trinajstić information content (AvgIpc) is 3.36. The molecular weight excluding hydrogens is 585 g/mol. The molecule has 230 valence electrons. The van der Waals surface area contributed by atoms with E-state index in [0.717, 1.165) is 18.2 Å². The van der Waals surface area contributed by atoms with Crippen LogP contribution in [0.5, 0.6) is 5.88 Å². The Morgan fingerprint density at radius 1 is 1.00 bits per heavy atom. The molecule has 0 radical (unpaired) electrons.